The van der Waals surface area contributed by atoms with E-state index in [1.165, 1.54) is 25.1 Å². The van der Waals surface area contributed by atoms with Gasteiger partial charge in [0.15, 0.2) is 0 Å². The van der Waals surface area contributed by atoms with Gasteiger partial charge in [-0.1, -0.05) is 15.9 Å². The number of amides is 1. The van der Waals surface area contributed by atoms with Crippen LogP contribution >= 0.6 is 15.9 Å². The zero-order chi connectivity index (χ0) is 22.9. The first kappa shape index (κ1) is 22.8. The van der Waals surface area contributed by atoms with Gasteiger partial charge in [-0.3, -0.25) is 9.59 Å². The molecule has 1 aromatic heterocycles. The second-order valence-corrected chi connectivity index (χ2v) is 9.62. The minimum atomic E-state index is -4.15. The Kier molecular flexibility index (Phi) is 6.42. The van der Waals surface area contributed by atoms with Gasteiger partial charge in [0, 0.05) is 16.2 Å². The zero-order valence-electron chi connectivity index (χ0n) is 16.4. The van der Waals surface area contributed by atoms with Gasteiger partial charge in [-0.15, -0.1) is 0 Å². The topological polar surface area (TPSA) is 85.2 Å². The summed E-state index contributed by atoms with van der Waals surface area (Å²) in [6, 6.07) is 9.95. The van der Waals surface area contributed by atoms with E-state index >= 15 is 0 Å². The number of benzene rings is 2. The Hall–Kier alpha value is -2.85. The van der Waals surface area contributed by atoms with E-state index in [1.807, 2.05) is 0 Å². The van der Waals surface area contributed by atoms with Gasteiger partial charge in [-0.2, -0.15) is 0 Å². The second-order valence-electron chi connectivity index (χ2n) is 6.82. The SMILES string of the molecule is Cc1cc(C)n(CC(=O)Nc2ccc(F)cc2F)c(=O)c1S(=O)(=O)c1ccc(Br)cc1. The van der Waals surface area contributed by atoms with Gasteiger partial charge in [-0.05, 0) is 61.9 Å². The number of carbonyl (C=O) groups is 1. The van der Waals surface area contributed by atoms with Crippen molar-refractivity contribution < 1.29 is 22.0 Å². The number of pyridine rings is 1. The lowest BCUT2D eigenvalue weighted by molar-refractivity contribution is -0.116. The monoisotopic (exact) mass is 510 g/mol. The Balaban J connectivity index is 2.00. The highest BCUT2D eigenvalue weighted by molar-refractivity contribution is 9.10. The van der Waals surface area contributed by atoms with Crippen LogP contribution in [0.25, 0.3) is 0 Å². The summed E-state index contributed by atoms with van der Waals surface area (Å²) in [5, 5.41) is 2.26. The minimum absolute atomic E-state index is 0.0656. The van der Waals surface area contributed by atoms with Crippen LogP contribution in [0, 0.1) is 25.5 Å². The quantitative estimate of drug-likeness (QED) is 0.562. The standard InChI is InChI=1S/C21H17BrF2N2O4S/c1-12-9-13(2)26(11-19(27)25-18-8-5-15(23)10-17(18)24)21(28)20(12)31(29,30)16-6-3-14(22)4-7-16/h3-10H,11H2,1-2H3,(H,25,27). The molecule has 3 aromatic rings. The molecule has 0 bridgehead atoms. The number of carbonyl (C=O) groups excluding carboxylic acids is 1. The van der Waals surface area contributed by atoms with E-state index in [0.29, 0.717) is 16.2 Å². The zero-order valence-corrected chi connectivity index (χ0v) is 18.9. The summed E-state index contributed by atoms with van der Waals surface area (Å²) < 4.78 is 54.7. The molecule has 1 heterocycles. The maximum atomic E-state index is 13.8. The smallest absolute Gasteiger partial charge is 0.270 e. The number of halogens is 3. The number of nitrogens with one attached hydrogen (secondary N) is 1. The highest BCUT2D eigenvalue weighted by atomic mass is 79.9. The van der Waals surface area contributed by atoms with Gasteiger partial charge in [0.1, 0.15) is 23.1 Å². The van der Waals surface area contributed by atoms with Gasteiger partial charge in [0.05, 0.1) is 10.6 Å². The molecule has 0 fully saturated rings. The first-order valence-corrected chi connectivity index (χ1v) is 11.2. The van der Waals surface area contributed by atoms with Crippen LogP contribution in [0.1, 0.15) is 11.3 Å². The molecule has 162 valence electrons. The van der Waals surface area contributed by atoms with Crippen LogP contribution < -0.4 is 10.9 Å². The molecule has 0 aliphatic carbocycles. The molecule has 2 aromatic carbocycles. The Morgan fingerprint density at radius 1 is 1.06 bits per heavy atom. The summed E-state index contributed by atoms with van der Waals surface area (Å²) in [5.41, 5.74) is -0.527. The van der Waals surface area contributed by atoms with E-state index in [4.69, 9.17) is 0 Å². The number of hydrogen-bond donors (Lipinski definition) is 1. The minimum Gasteiger partial charge on any atom is -0.322 e. The average molecular weight is 511 g/mol. The molecular formula is C21H17BrF2N2O4S. The van der Waals surface area contributed by atoms with Crippen molar-refractivity contribution in [3.8, 4) is 0 Å². The number of anilines is 1. The van der Waals surface area contributed by atoms with Crippen molar-refractivity contribution in [1.82, 2.24) is 4.57 Å². The van der Waals surface area contributed by atoms with E-state index in [9.17, 15) is 26.8 Å². The van der Waals surface area contributed by atoms with Crippen molar-refractivity contribution in [3.05, 3.63) is 86.2 Å². The molecular weight excluding hydrogens is 494 g/mol. The lowest BCUT2D eigenvalue weighted by atomic mass is 10.2. The molecule has 10 heteroatoms. The lowest BCUT2D eigenvalue weighted by Gasteiger charge is -2.15. The van der Waals surface area contributed by atoms with Crippen molar-refractivity contribution in [2.24, 2.45) is 0 Å². The number of hydrogen-bond acceptors (Lipinski definition) is 4. The Morgan fingerprint density at radius 2 is 1.71 bits per heavy atom. The average Bonchev–Trinajstić information content (AvgIpc) is 2.67. The van der Waals surface area contributed by atoms with Gasteiger partial charge in [-0.25, -0.2) is 17.2 Å². The van der Waals surface area contributed by atoms with Crippen LogP contribution in [0.3, 0.4) is 0 Å². The van der Waals surface area contributed by atoms with E-state index < -0.39 is 44.4 Å². The summed E-state index contributed by atoms with van der Waals surface area (Å²) in [5.74, 6) is -2.55. The fraction of sp³-hybridized carbons (Fsp3) is 0.143. The summed E-state index contributed by atoms with van der Waals surface area (Å²) in [4.78, 5) is 24.9. The molecule has 0 radical (unpaired) electrons. The van der Waals surface area contributed by atoms with Gasteiger partial charge in [0.2, 0.25) is 15.7 Å². The molecule has 31 heavy (non-hydrogen) atoms. The van der Waals surface area contributed by atoms with Crippen LogP contribution in [0.4, 0.5) is 14.5 Å². The fourth-order valence-corrected chi connectivity index (χ4v) is 4.90. The largest absolute Gasteiger partial charge is 0.322 e. The lowest BCUT2D eigenvalue weighted by Crippen LogP contribution is -2.33. The maximum absolute atomic E-state index is 13.8. The fourth-order valence-electron chi connectivity index (χ4n) is 3.09. The second kappa shape index (κ2) is 8.72. The highest BCUT2D eigenvalue weighted by Crippen LogP contribution is 2.23. The molecule has 1 N–H and O–H groups in total. The van der Waals surface area contributed by atoms with Crippen LogP contribution in [0.15, 0.2) is 67.6 Å². The van der Waals surface area contributed by atoms with E-state index in [0.717, 1.165) is 16.7 Å². The first-order chi connectivity index (χ1) is 14.5. The van der Waals surface area contributed by atoms with Gasteiger partial charge < -0.3 is 9.88 Å². The van der Waals surface area contributed by atoms with E-state index in [1.54, 1.807) is 19.1 Å². The predicted molar refractivity (Wildman–Crippen MR) is 115 cm³/mol. The summed E-state index contributed by atoms with van der Waals surface area (Å²) in [6.07, 6.45) is 0. The van der Waals surface area contributed by atoms with Crippen molar-refractivity contribution in [2.45, 2.75) is 30.2 Å². The van der Waals surface area contributed by atoms with Crippen molar-refractivity contribution in [2.75, 3.05) is 5.32 Å². The number of aryl methyl sites for hydroxylation is 2. The van der Waals surface area contributed by atoms with Crippen LogP contribution in [0.2, 0.25) is 0 Å². The molecule has 0 saturated heterocycles. The number of rotatable bonds is 5. The maximum Gasteiger partial charge on any atom is 0.270 e. The number of sulfone groups is 1. The molecule has 0 aliphatic rings. The molecule has 3 rings (SSSR count). The van der Waals surface area contributed by atoms with Crippen molar-refractivity contribution >= 4 is 37.4 Å². The predicted octanol–water partition coefficient (Wildman–Crippen LogP) is 3.98. The Labute approximate surface area is 185 Å². The van der Waals surface area contributed by atoms with E-state index in [-0.39, 0.29) is 16.1 Å². The third-order valence-corrected chi connectivity index (χ3v) is 7.00. The van der Waals surface area contributed by atoms with Crippen LogP contribution in [0.5, 0.6) is 0 Å². The number of aromatic nitrogens is 1. The van der Waals surface area contributed by atoms with Crippen molar-refractivity contribution in [1.29, 1.82) is 0 Å². The molecule has 0 atom stereocenters. The first-order valence-electron chi connectivity index (χ1n) is 8.97. The normalized spacial score (nSPS) is 11.4. The third kappa shape index (κ3) is 4.75. The van der Waals surface area contributed by atoms with Crippen LogP contribution in [-0.4, -0.2) is 18.9 Å². The Morgan fingerprint density at radius 3 is 2.32 bits per heavy atom. The molecule has 1 amide bonds. The summed E-state index contributed by atoms with van der Waals surface area (Å²) in [6.45, 7) is 2.50. The number of nitrogens with zero attached hydrogens (tertiary/aromatic N) is 1. The summed E-state index contributed by atoms with van der Waals surface area (Å²) >= 11 is 3.23. The van der Waals surface area contributed by atoms with Crippen LogP contribution in [-0.2, 0) is 21.2 Å². The van der Waals surface area contributed by atoms with E-state index in [2.05, 4.69) is 21.2 Å². The Bertz CT molecular complexity index is 1340. The molecule has 6 nitrogen and oxygen atoms in total. The molecule has 0 unspecified atom stereocenters. The molecule has 0 aliphatic heterocycles. The third-order valence-electron chi connectivity index (χ3n) is 4.55. The molecule has 0 saturated carbocycles. The highest BCUT2D eigenvalue weighted by Gasteiger charge is 2.26. The van der Waals surface area contributed by atoms with Crippen molar-refractivity contribution in [3.63, 3.8) is 0 Å². The summed E-state index contributed by atoms with van der Waals surface area (Å²) in [7, 11) is -4.15. The van der Waals surface area contributed by atoms with Gasteiger partial charge in [0.25, 0.3) is 5.56 Å². The van der Waals surface area contributed by atoms with Gasteiger partial charge >= 0.3 is 0 Å². The molecule has 0 spiro atoms.